The SMILES string of the molecule is CCN1CCN(C(=O)CC(c2cccc(Oc3ccc(Cl)cc3)c2)c2cn(Cc3ccc(F)cc3)c3ccccc23)CC1. The minimum atomic E-state index is -0.249. The van der Waals surface area contributed by atoms with Crippen molar-refractivity contribution in [2.75, 3.05) is 32.7 Å². The molecule has 1 aliphatic rings. The van der Waals surface area contributed by atoms with Gasteiger partial charge in [-0.1, -0.05) is 61.0 Å². The van der Waals surface area contributed by atoms with Crippen LogP contribution in [-0.2, 0) is 11.3 Å². The molecule has 5 nitrogen and oxygen atoms in total. The number of likely N-dealkylation sites (N-methyl/N-ethyl adjacent to an activating group) is 1. The van der Waals surface area contributed by atoms with E-state index < -0.39 is 0 Å². The Morgan fingerprint density at radius 3 is 2.37 bits per heavy atom. The minimum Gasteiger partial charge on any atom is -0.457 e. The maximum absolute atomic E-state index is 13.8. The van der Waals surface area contributed by atoms with Crippen molar-refractivity contribution in [3.05, 3.63) is 131 Å². The number of rotatable bonds is 9. The summed E-state index contributed by atoms with van der Waals surface area (Å²) in [5, 5.41) is 1.75. The van der Waals surface area contributed by atoms with Gasteiger partial charge in [0, 0.05) is 67.2 Å². The molecule has 4 aromatic carbocycles. The molecule has 0 radical (unpaired) electrons. The molecule has 5 aromatic rings. The van der Waals surface area contributed by atoms with E-state index in [1.165, 1.54) is 12.1 Å². The van der Waals surface area contributed by atoms with Gasteiger partial charge in [0.15, 0.2) is 0 Å². The van der Waals surface area contributed by atoms with Gasteiger partial charge in [-0.15, -0.1) is 0 Å². The van der Waals surface area contributed by atoms with Crippen molar-refractivity contribution in [3.63, 3.8) is 0 Å². The molecule has 0 aliphatic carbocycles. The highest BCUT2D eigenvalue weighted by atomic mass is 35.5. The molecule has 1 amide bonds. The first-order valence-electron chi connectivity index (χ1n) is 14.8. The van der Waals surface area contributed by atoms with Crippen molar-refractivity contribution in [1.29, 1.82) is 0 Å². The second-order valence-corrected chi connectivity index (χ2v) is 11.5. The van der Waals surface area contributed by atoms with E-state index in [1.807, 2.05) is 59.5 Å². The average Bonchev–Trinajstić information content (AvgIpc) is 3.40. The molecular formula is C36H35ClFN3O2. The molecule has 1 atom stereocenters. The molecule has 1 saturated heterocycles. The Morgan fingerprint density at radius 2 is 1.63 bits per heavy atom. The molecule has 0 spiro atoms. The lowest BCUT2D eigenvalue weighted by Gasteiger charge is -2.35. The predicted octanol–water partition coefficient (Wildman–Crippen LogP) is 7.96. The van der Waals surface area contributed by atoms with Crippen molar-refractivity contribution in [2.45, 2.75) is 25.8 Å². The summed E-state index contributed by atoms with van der Waals surface area (Å²) < 4.78 is 22.0. The molecule has 43 heavy (non-hydrogen) atoms. The molecule has 1 fully saturated rings. The summed E-state index contributed by atoms with van der Waals surface area (Å²) in [5.74, 6) is 1.11. The third-order valence-corrected chi connectivity index (χ3v) is 8.57. The molecule has 1 unspecified atom stereocenters. The van der Waals surface area contributed by atoms with E-state index in [4.69, 9.17) is 16.3 Å². The minimum absolute atomic E-state index is 0.153. The Bertz CT molecular complexity index is 1690. The van der Waals surface area contributed by atoms with Crippen LogP contribution in [0, 0.1) is 5.82 Å². The van der Waals surface area contributed by atoms with Crippen LogP contribution in [0.3, 0.4) is 0 Å². The molecule has 0 N–H and O–H groups in total. The van der Waals surface area contributed by atoms with Gasteiger partial charge in [0.2, 0.25) is 5.91 Å². The summed E-state index contributed by atoms with van der Waals surface area (Å²) in [6.45, 7) is 7.03. The number of piperazine rings is 1. The van der Waals surface area contributed by atoms with Gasteiger partial charge in [0.1, 0.15) is 17.3 Å². The molecule has 220 valence electrons. The number of amides is 1. The van der Waals surface area contributed by atoms with Crippen LogP contribution in [0.25, 0.3) is 10.9 Å². The summed E-state index contributed by atoms with van der Waals surface area (Å²) in [4.78, 5) is 18.2. The van der Waals surface area contributed by atoms with Gasteiger partial charge < -0.3 is 19.1 Å². The van der Waals surface area contributed by atoms with E-state index in [0.717, 1.165) is 60.3 Å². The Hall–Kier alpha value is -4.13. The molecule has 0 bridgehead atoms. The smallest absolute Gasteiger partial charge is 0.223 e. The van der Waals surface area contributed by atoms with E-state index in [2.05, 4.69) is 40.8 Å². The van der Waals surface area contributed by atoms with Gasteiger partial charge >= 0.3 is 0 Å². The van der Waals surface area contributed by atoms with Gasteiger partial charge in [-0.25, -0.2) is 4.39 Å². The average molecular weight is 596 g/mol. The number of para-hydroxylation sites is 1. The lowest BCUT2D eigenvalue weighted by atomic mass is 9.87. The zero-order valence-corrected chi connectivity index (χ0v) is 25.0. The van der Waals surface area contributed by atoms with Crippen LogP contribution < -0.4 is 4.74 Å². The summed E-state index contributed by atoms with van der Waals surface area (Å²) in [6, 6.07) is 30.2. The number of benzene rings is 4. The first-order chi connectivity index (χ1) is 21.0. The lowest BCUT2D eigenvalue weighted by molar-refractivity contribution is -0.133. The van der Waals surface area contributed by atoms with Gasteiger partial charge in [-0.05, 0) is 77.8 Å². The van der Waals surface area contributed by atoms with Crippen molar-refractivity contribution in [2.24, 2.45) is 0 Å². The van der Waals surface area contributed by atoms with Crippen LogP contribution in [0.2, 0.25) is 5.02 Å². The Labute approximate surface area is 257 Å². The van der Waals surface area contributed by atoms with Crippen LogP contribution in [0.4, 0.5) is 4.39 Å². The van der Waals surface area contributed by atoms with E-state index in [-0.39, 0.29) is 17.6 Å². The first kappa shape index (κ1) is 29.0. The fourth-order valence-electron chi connectivity index (χ4n) is 5.93. The number of carbonyl (C=O) groups excluding carboxylic acids is 1. The number of ether oxygens (including phenoxy) is 1. The van der Waals surface area contributed by atoms with Crippen molar-refractivity contribution >= 4 is 28.4 Å². The van der Waals surface area contributed by atoms with Gasteiger partial charge in [-0.2, -0.15) is 0 Å². The molecule has 1 aliphatic heterocycles. The van der Waals surface area contributed by atoms with Gasteiger partial charge in [0.25, 0.3) is 0 Å². The van der Waals surface area contributed by atoms with Crippen molar-refractivity contribution in [3.8, 4) is 11.5 Å². The monoisotopic (exact) mass is 595 g/mol. The van der Waals surface area contributed by atoms with Crippen LogP contribution in [-0.4, -0.2) is 53.0 Å². The second-order valence-electron chi connectivity index (χ2n) is 11.1. The quantitative estimate of drug-likeness (QED) is 0.173. The van der Waals surface area contributed by atoms with E-state index in [1.54, 1.807) is 12.1 Å². The third kappa shape index (κ3) is 6.76. The topological polar surface area (TPSA) is 37.7 Å². The largest absolute Gasteiger partial charge is 0.457 e. The first-order valence-corrected chi connectivity index (χ1v) is 15.2. The fraction of sp³-hybridized carbons (Fsp3) is 0.250. The second kappa shape index (κ2) is 13.0. The Balaban J connectivity index is 1.37. The number of nitrogens with zero attached hydrogens (tertiary/aromatic N) is 3. The lowest BCUT2D eigenvalue weighted by Crippen LogP contribution is -2.48. The Kier molecular flexibility index (Phi) is 8.77. The highest BCUT2D eigenvalue weighted by Gasteiger charge is 2.27. The summed E-state index contributed by atoms with van der Waals surface area (Å²) in [6.07, 6.45) is 2.51. The number of fused-ring (bicyclic) bond motifs is 1. The van der Waals surface area contributed by atoms with Gasteiger partial charge in [-0.3, -0.25) is 4.79 Å². The summed E-state index contributed by atoms with van der Waals surface area (Å²) >= 11 is 6.07. The maximum atomic E-state index is 13.8. The standard InChI is InChI=1S/C36H35ClFN3O2/c1-2-39-18-20-40(21-19-39)36(42)23-33(27-6-5-7-31(22-27)43-30-16-12-28(37)13-17-30)34-25-41(35-9-4-3-8-32(34)35)24-26-10-14-29(38)15-11-26/h3-17,22,25,33H,2,18-21,23-24H2,1H3. The number of halogens is 2. The van der Waals surface area contributed by atoms with E-state index >= 15 is 0 Å². The molecule has 1 aromatic heterocycles. The highest BCUT2D eigenvalue weighted by molar-refractivity contribution is 6.30. The number of hydrogen-bond acceptors (Lipinski definition) is 3. The van der Waals surface area contributed by atoms with E-state index in [9.17, 15) is 9.18 Å². The van der Waals surface area contributed by atoms with Crippen molar-refractivity contribution in [1.82, 2.24) is 14.4 Å². The Morgan fingerprint density at radius 1 is 0.884 bits per heavy atom. The summed E-state index contributed by atoms with van der Waals surface area (Å²) in [7, 11) is 0. The van der Waals surface area contributed by atoms with Crippen LogP contribution >= 0.6 is 11.6 Å². The third-order valence-electron chi connectivity index (χ3n) is 8.32. The number of carbonyl (C=O) groups is 1. The number of hydrogen-bond donors (Lipinski definition) is 0. The molecule has 7 heteroatoms. The summed E-state index contributed by atoms with van der Waals surface area (Å²) in [5.41, 5.74) is 4.18. The van der Waals surface area contributed by atoms with Crippen LogP contribution in [0.1, 0.15) is 36.0 Å². The molecule has 0 saturated carbocycles. The zero-order valence-electron chi connectivity index (χ0n) is 24.3. The zero-order chi connectivity index (χ0) is 29.8. The van der Waals surface area contributed by atoms with Crippen LogP contribution in [0.15, 0.2) is 103 Å². The van der Waals surface area contributed by atoms with Gasteiger partial charge in [0.05, 0.1) is 0 Å². The highest BCUT2D eigenvalue weighted by Crippen LogP contribution is 2.37. The molecule has 6 rings (SSSR count). The fourth-order valence-corrected chi connectivity index (χ4v) is 6.05. The molecular weight excluding hydrogens is 561 g/mol. The number of aromatic nitrogens is 1. The van der Waals surface area contributed by atoms with Crippen molar-refractivity contribution < 1.29 is 13.9 Å². The van der Waals surface area contributed by atoms with E-state index in [0.29, 0.717) is 29.5 Å². The molecule has 2 heterocycles. The maximum Gasteiger partial charge on any atom is 0.223 e. The predicted molar refractivity (Wildman–Crippen MR) is 171 cm³/mol. The van der Waals surface area contributed by atoms with Crippen LogP contribution in [0.5, 0.6) is 11.5 Å². The normalized spacial score (nSPS) is 14.6.